The van der Waals surface area contributed by atoms with Crippen LogP contribution in [-0.4, -0.2) is 6.10 Å². The summed E-state index contributed by atoms with van der Waals surface area (Å²) in [5, 5.41) is 0. The van der Waals surface area contributed by atoms with Gasteiger partial charge >= 0.3 is 0 Å². The molecule has 1 aliphatic carbocycles. The molecule has 0 fully saturated rings. The fraction of sp³-hybridized carbons (Fsp3) is 0.294. The van der Waals surface area contributed by atoms with E-state index in [9.17, 15) is 0 Å². The zero-order valence-electron chi connectivity index (χ0n) is 10.7. The van der Waals surface area contributed by atoms with E-state index in [2.05, 4.69) is 49.4 Å². The van der Waals surface area contributed by atoms with Gasteiger partial charge in [-0.2, -0.15) is 0 Å². The van der Waals surface area contributed by atoms with Crippen molar-refractivity contribution in [3.8, 4) is 5.75 Å². The van der Waals surface area contributed by atoms with E-state index in [1.807, 2.05) is 6.07 Å². The van der Waals surface area contributed by atoms with Crippen LogP contribution in [0, 0.1) is 6.92 Å². The van der Waals surface area contributed by atoms with Crippen LogP contribution >= 0.6 is 0 Å². The van der Waals surface area contributed by atoms with Crippen molar-refractivity contribution in [1.29, 1.82) is 0 Å². The first-order valence-corrected chi connectivity index (χ1v) is 6.61. The Morgan fingerprint density at radius 2 is 1.83 bits per heavy atom. The lowest BCUT2D eigenvalue weighted by Gasteiger charge is -2.25. The van der Waals surface area contributed by atoms with Gasteiger partial charge < -0.3 is 4.74 Å². The smallest absolute Gasteiger partial charge is 0.119 e. The minimum Gasteiger partial charge on any atom is -0.490 e. The minimum absolute atomic E-state index is 0.321. The number of rotatable bonds is 2. The van der Waals surface area contributed by atoms with Crippen molar-refractivity contribution in [2.75, 3.05) is 0 Å². The number of aryl methyl sites for hydroxylation is 2. The van der Waals surface area contributed by atoms with Gasteiger partial charge in [-0.3, -0.25) is 0 Å². The van der Waals surface area contributed by atoms with E-state index in [0.717, 1.165) is 25.0 Å². The Balaban J connectivity index is 1.73. The van der Waals surface area contributed by atoms with Gasteiger partial charge in [0.2, 0.25) is 0 Å². The highest BCUT2D eigenvalue weighted by Crippen LogP contribution is 2.25. The second-order valence-corrected chi connectivity index (χ2v) is 5.07. The third-order valence-corrected chi connectivity index (χ3v) is 3.59. The Morgan fingerprint density at radius 3 is 2.67 bits per heavy atom. The summed E-state index contributed by atoms with van der Waals surface area (Å²) in [6, 6.07) is 17.0. The van der Waals surface area contributed by atoms with Gasteiger partial charge in [-0.25, -0.2) is 0 Å². The van der Waals surface area contributed by atoms with Gasteiger partial charge in [0.1, 0.15) is 11.9 Å². The molecule has 0 saturated carbocycles. The zero-order valence-corrected chi connectivity index (χ0v) is 10.7. The molecule has 0 N–H and O–H groups in total. The second kappa shape index (κ2) is 4.85. The van der Waals surface area contributed by atoms with Gasteiger partial charge in [0.15, 0.2) is 0 Å². The average Bonchev–Trinajstić information content (AvgIpc) is 2.39. The van der Waals surface area contributed by atoms with Crippen molar-refractivity contribution in [2.45, 2.75) is 32.3 Å². The molecule has 0 spiro atoms. The molecule has 1 heteroatoms. The summed E-state index contributed by atoms with van der Waals surface area (Å²) in [6.45, 7) is 2.10. The molecule has 2 aromatic rings. The molecule has 0 heterocycles. The number of fused-ring (bicyclic) bond motifs is 1. The van der Waals surface area contributed by atoms with Gasteiger partial charge in [-0.05, 0) is 48.6 Å². The Kier molecular flexibility index (Phi) is 3.06. The molecule has 0 radical (unpaired) electrons. The zero-order chi connectivity index (χ0) is 12.4. The predicted octanol–water partition coefficient (Wildman–Crippen LogP) is 3.93. The Morgan fingerprint density at radius 1 is 1.00 bits per heavy atom. The van der Waals surface area contributed by atoms with Crippen LogP contribution in [0.2, 0.25) is 0 Å². The summed E-state index contributed by atoms with van der Waals surface area (Å²) < 4.78 is 6.09. The highest BCUT2D eigenvalue weighted by Gasteiger charge is 2.19. The van der Waals surface area contributed by atoms with Crippen LogP contribution < -0.4 is 4.74 Å². The quantitative estimate of drug-likeness (QED) is 0.770. The maximum Gasteiger partial charge on any atom is 0.119 e. The van der Waals surface area contributed by atoms with Gasteiger partial charge in [-0.15, -0.1) is 0 Å². The van der Waals surface area contributed by atoms with E-state index in [4.69, 9.17) is 4.74 Å². The number of hydrogen-bond donors (Lipinski definition) is 0. The molecule has 0 bridgehead atoms. The van der Waals surface area contributed by atoms with Gasteiger partial charge in [-0.1, -0.05) is 36.4 Å². The van der Waals surface area contributed by atoms with Gasteiger partial charge in [0.25, 0.3) is 0 Å². The first kappa shape index (κ1) is 11.3. The predicted molar refractivity (Wildman–Crippen MR) is 74.1 cm³/mol. The topological polar surface area (TPSA) is 9.23 Å². The molecule has 18 heavy (non-hydrogen) atoms. The lowest BCUT2D eigenvalue weighted by atomic mass is 9.90. The maximum atomic E-state index is 6.09. The molecule has 1 nitrogen and oxygen atoms in total. The van der Waals surface area contributed by atoms with Gasteiger partial charge in [0, 0.05) is 6.42 Å². The standard InChI is InChI=1S/C17H18O/c1-13-5-4-8-16(11-13)18-17-10-9-14-6-2-3-7-15(14)12-17/h2-8,11,17H,9-10,12H2,1H3. The van der Waals surface area contributed by atoms with E-state index < -0.39 is 0 Å². The first-order valence-electron chi connectivity index (χ1n) is 6.61. The lowest BCUT2D eigenvalue weighted by molar-refractivity contribution is 0.185. The van der Waals surface area contributed by atoms with Crippen LogP contribution in [0.5, 0.6) is 5.75 Å². The van der Waals surface area contributed by atoms with E-state index >= 15 is 0 Å². The normalized spacial score (nSPS) is 18.2. The highest BCUT2D eigenvalue weighted by molar-refractivity contribution is 5.31. The van der Waals surface area contributed by atoms with Crippen molar-refractivity contribution >= 4 is 0 Å². The van der Waals surface area contributed by atoms with E-state index in [0.29, 0.717) is 6.10 Å². The summed E-state index contributed by atoms with van der Waals surface area (Å²) >= 11 is 0. The number of benzene rings is 2. The molecule has 2 aromatic carbocycles. The highest BCUT2D eigenvalue weighted by atomic mass is 16.5. The van der Waals surface area contributed by atoms with Crippen LogP contribution in [0.15, 0.2) is 48.5 Å². The molecule has 1 atom stereocenters. The molecule has 1 aliphatic rings. The summed E-state index contributed by atoms with van der Waals surface area (Å²) in [5.41, 5.74) is 4.19. The molecule has 0 aliphatic heterocycles. The summed E-state index contributed by atoms with van der Waals surface area (Å²) in [6.07, 6.45) is 3.60. The van der Waals surface area contributed by atoms with Crippen LogP contribution in [0.1, 0.15) is 23.1 Å². The lowest BCUT2D eigenvalue weighted by Crippen LogP contribution is -2.25. The molecule has 0 saturated heterocycles. The molecule has 3 rings (SSSR count). The Hall–Kier alpha value is -1.76. The van der Waals surface area contributed by atoms with Crippen LogP contribution in [-0.2, 0) is 12.8 Å². The minimum atomic E-state index is 0.321. The Labute approximate surface area is 108 Å². The molecule has 92 valence electrons. The largest absolute Gasteiger partial charge is 0.490 e. The van der Waals surface area contributed by atoms with Crippen molar-refractivity contribution in [1.82, 2.24) is 0 Å². The van der Waals surface area contributed by atoms with E-state index in [-0.39, 0.29) is 0 Å². The fourth-order valence-corrected chi connectivity index (χ4v) is 2.65. The Bertz CT molecular complexity index is 545. The average molecular weight is 238 g/mol. The second-order valence-electron chi connectivity index (χ2n) is 5.07. The molecular formula is C17H18O. The third-order valence-electron chi connectivity index (χ3n) is 3.59. The van der Waals surface area contributed by atoms with Crippen LogP contribution in [0.4, 0.5) is 0 Å². The van der Waals surface area contributed by atoms with Crippen molar-refractivity contribution in [2.24, 2.45) is 0 Å². The maximum absolute atomic E-state index is 6.09. The van der Waals surface area contributed by atoms with Crippen molar-refractivity contribution in [3.05, 3.63) is 65.2 Å². The van der Waals surface area contributed by atoms with Crippen LogP contribution in [0.3, 0.4) is 0 Å². The van der Waals surface area contributed by atoms with Crippen molar-refractivity contribution < 1.29 is 4.74 Å². The fourth-order valence-electron chi connectivity index (χ4n) is 2.65. The summed E-state index contributed by atoms with van der Waals surface area (Å²) in [4.78, 5) is 0. The summed E-state index contributed by atoms with van der Waals surface area (Å²) in [7, 11) is 0. The first-order chi connectivity index (χ1) is 8.81. The molecule has 0 amide bonds. The van der Waals surface area contributed by atoms with E-state index in [1.54, 1.807) is 0 Å². The molecular weight excluding hydrogens is 220 g/mol. The molecule has 0 aromatic heterocycles. The SMILES string of the molecule is Cc1cccc(OC2CCc3ccccc3C2)c1. The van der Waals surface area contributed by atoms with Gasteiger partial charge in [0.05, 0.1) is 0 Å². The number of ether oxygens (including phenoxy) is 1. The summed E-state index contributed by atoms with van der Waals surface area (Å²) in [5.74, 6) is 0.999. The molecule has 1 unspecified atom stereocenters. The van der Waals surface area contributed by atoms with E-state index in [1.165, 1.54) is 16.7 Å². The third kappa shape index (κ3) is 2.40. The van der Waals surface area contributed by atoms with Crippen molar-refractivity contribution in [3.63, 3.8) is 0 Å². The monoisotopic (exact) mass is 238 g/mol. The number of hydrogen-bond acceptors (Lipinski definition) is 1. The van der Waals surface area contributed by atoms with Crippen LogP contribution in [0.25, 0.3) is 0 Å².